The summed E-state index contributed by atoms with van der Waals surface area (Å²) in [5.74, 6) is -1.36. The summed E-state index contributed by atoms with van der Waals surface area (Å²) in [6, 6.07) is 13.9. The van der Waals surface area contributed by atoms with Gasteiger partial charge in [-0.25, -0.2) is 9.48 Å². The van der Waals surface area contributed by atoms with Crippen molar-refractivity contribution in [2.24, 2.45) is 7.05 Å². The normalized spacial score (nSPS) is 11.0. The fraction of sp³-hybridized carbons (Fsp3) is 0.136. The van der Waals surface area contributed by atoms with E-state index in [4.69, 9.17) is 27.9 Å². The molecule has 0 saturated heterocycles. The van der Waals surface area contributed by atoms with Gasteiger partial charge in [-0.2, -0.15) is 0 Å². The Morgan fingerprint density at radius 3 is 2.52 bits per heavy atom. The molecule has 0 radical (unpaired) electrons. The Bertz CT molecular complexity index is 1210. The SMILES string of the molecule is Cc1c(NC(=O)COC(=O)/C=C/c2ccc(Cl)cc2Cl)c(=O)n(-c2ccccc2)n1C. The van der Waals surface area contributed by atoms with Gasteiger partial charge < -0.3 is 10.1 Å². The molecule has 0 spiro atoms. The number of nitrogens with one attached hydrogen (secondary N) is 1. The summed E-state index contributed by atoms with van der Waals surface area (Å²) >= 11 is 11.9. The monoisotopic (exact) mass is 459 g/mol. The highest BCUT2D eigenvalue weighted by molar-refractivity contribution is 6.35. The summed E-state index contributed by atoms with van der Waals surface area (Å²) in [5.41, 5.74) is 1.54. The number of amides is 1. The van der Waals surface area contributed by atoms with E-state index in [0.717, 1.165) is 6.08 Å². The number of nitrogens with zero attached hydrogens (tertiary/aromatic N) is 2. The smallest absolute Gasteiger partial charge is 0.331 e. The average Bonchev–Trinajstić information content (AvgIpc) is 2.95. The van der Waals surface area contributed by atoms with Crippen molar-refractivity contribution in [2.45, 2.75) is 6.92 Å². The Morgan fingerprint density at radius 2 is 1.84 bits per heavy atom. The van der Waals surface area contributed by atoms with E-state index in [1.165, 1.54) is 10.8 Å². The van der Waals surface area contributed by atoms with Crippen LogP contribution in [0.2, 0.25) is 10.0 Å². The van der Waals surface area contributed by atoms with Gasteiger partial charge in [0.1, 0.15) is 5.69 Å². The van der Waals surface area contributed by atoms with Gasteiger partial charge in [0, 0.05) is 23.2 Å². The molecule has 0 aliphatic carbocycles. The van der Waals surface area contributed by atoms with Crippen LogP contribution in [0.25, 0.3) is 11.8 Å². The molecule has 3 aromatic rings. The first kappa shape index (κ1) is 22.4. The minimum absolute atomic E-state index is 0.121. The molecule has 1 heterocycles. The molecule has 1 aromatic heterocycles. The second kappa shape index (κ2) is 9.68. The van der Waals surface area contributed by atoms with E-state index < -0.39 is 18.5 Å². The van der Waals surface area contributed by atoms with Gasteiger partial charge in [-0.15, -0.1) is 0 Å². The van der Waals surface area contributed by atoms with Crippen LogP contribution in [0.15, 0.2) is 59.4 Å². The van der Waals surface area contributed by atoms with E-state index in [1.807, 2.05) is 18.2 Å². The van der Waals surface area contributed by atoms with Gasteiger partial charge in [-0.3, -0.25) is 14.3 Å². The van der Waals surface area contributed by atoms with Crippen LogP contribution in [0.3, 0.4) is 0 Å². The topological polar surface area (TPSA) is 82.3 Å². The zero-order chi connectivity index (χ0) is 22.5. The van der Waals surface area contributed by atoms with Crippen molar-refractivity contribution in [1.82, 2.24) is 9.36 Å². The lowest BCUT2D eigenvalue weighted by molar-refractivity contribution is -0.142. The quantitative estimate of drug-likeness (QED) is 0.446. The third kappa shape index (κ3) is 5.25. The van der Waals surface area contributed by atoms with E-state index in [1.54, 1.807) is 49.0 Å². The standard InChI is InChI=1S/C22H19Cl2N3O4/c1-14-21(22(30)27(26(14)2)17-6-4-3-5-7-17)25-19(28)13-31-20(29)11-9-15-8-10-16(23)12-18(15)24/h3-12H,13H2,1-2H3,(H,25,28)/b11-9+. The second-order valence-electron chi connectivity index (χ2n) is 6.59. The summed E-state index contributed by atoms with van der Waals surface area (Å²) in [4.78, 5) is 36.9. The number of carbonyl (C=O) groups excluding carboxylic acids is 2. The predicted octanol–water partition coefficient (Wildman–Crippen LogP) is 3.99. The van der Waals surface area contributed by atoms with Crippen molar-refractivity contribution in [3.8, 4) is 5.69 Å². The molecule has 31 heavy (non-hydrogen) atoms. The maximum atomic E-state index is 12.8. The highest BCUT2D eigenvalue weighted by Crippen LogP contribution is 2.22. The molecule has 0 unspecified atom stereocenters. The zero-order valence-electron chi connectivity index (χ0n) is 16.8. The summed E-state index contributed by atoms with van der Waals surface area (Å²) in [5, 5.41) is 3.38. The maximum absolute atomic E-state index is 12.8. The van der Waals surface area contributed by atoms with Gasteiger partial charge in [0.05, 0.1) is 11.4 Å². The number of ether oxygens (including phenoxy) is 1. The number of carbonyl (C=O) groups is 2. The molecule has 0 atom stereocenters. The van der Waals surface area contributed by atoms with Crippen molar-refractivity contribution in [2.75, 3.05) is 11.9 Å². The van der Waals surface area contributed by atoms with Crippen molar-refractivity contribution in [3.63, 3.8) is 0 Å². The Hall–Kier alpha value is -3.29. The lowest BCUT2D eigenvalue weighted by Gasteiger charge is -2.07. The van der Waals surface area contributed by atoms with Crippen LogP contribution in [0, 0.1) is 6.92 Å². The van der Waals surface area contributed by atoms with Crippen molar-refractivity contribution < 1.29 is 14.3 Å². The first-order valence-corrected chi connectivity index (χ1v) is 9.97. The predicted molar refractivity (Wildman–Crippen MR) is 121 cm³/mol. The molecule has 0 bridgehead atoms. The number of benzene rings is 2. The summed E-state index contributed by atoms with van der Waals surface area (Å²) in [7, 11) is 1.71. The number of anilines is 1. The van der Waals surface area contributed by atoms with Crippen molar-refractivity contribution in [3.05, 3.63) is 86.3 Å². The molecule has 9 heteroatoms. The molecule has 7 nitrogen and oxygen atoms in total. The van der Waals surface area contributed by atoms with E-state index in [0.29, 0.717) is 27.0 Å². The van der Waals surface area contributed by atoms with Crippen LogP contribution in [0.1, 0.15) is 11.3 Å². The van der Waals surface area contributed by atoms with Crippen LogP contribution >= 0.6 is 23.2 Å². The summed E-state index contributed by atoms with van der Waals surface area (Å²) in [6.45, 7) is 1.16. The first-order chi connectivity index (χ1) is 14.8. The molecule has 0 aliphatic rings. The van der Waals surface area contributed by atoms with Crippen LogP contribution in [0.4, 0.5) is 5.69 Å². The lowest BCUT2D eigenvalue weighted by atomic mass is 10.2. The van der Waals surface area contributed by atoms with Crippen LogP contribution in [-0.4, -0.2) is 27.8 Å². The molecule has 2 aromatic carbocycles. The molecule has 1 N–H and O–H groups in total. The molecule has 3 rings (SSSR count). The molecule has 0 saturated carbocycles. The van der Waals surface area contributed by atoms with Gasteiger partial charge in [-0.05, 0) is 42.8 Å². The van der Waals surface area contributed by atoms with Crippen LogP contribution < -0.4 is 10.9 Å². The van der Waals surface area contributed by atoms with Gasteiger partial charge in [0.2, 0.25) is 0 Å². The number of halogens is 2. The lowest BCUT2D eigenvalue weighted by Crippen LogP contribution is -2.25. The van der Waals surface area contributed by atoms with E-state index in [9.17, 15) is 14.4 Å². The molecule has 160 valence electrons. The number of hydrogen-bond acceptors (Lipinski definition) is 4. The Balaban J connectivity index is 1.64. The van der Waals surface area contributed by atoms with Crippen LogP contribution in [0.5, 0.6) is 0 Å². The Labute approximate surface area is 188 Å². The molecular formula is C22H19Cl2N3O4. The molecule has 0 aliphatic heterocycles. The van der Waals surface area contributed by atoms with E-state index in [2.05, 4.69) is 5.32 Å². The van der Waals surface area contributed by atoms with Gasteiger partial charge in [-0.1, -0.05) is 47.5 Å². The van der Waals surface area contributed by atoms with Crippen LogP contribution in [-0.2, 0) is 21.4 Å². The number of para-hydroxylation sites is 1. The van der Waals surface area contributed by atoms with Gasteiger partial charge >= 0.3 is 5.97 Å². The maximum Gasteiger partial charge on any atom is 0.331 e. The van der Waals surface area contributed by atoms with E-state index in [-0.39, 0.29) is 11.2 Å². The zero-order valence-corrected chi connectivity index (χ0v) is 18.3. The number of esters is 1. The molecule has 0 fully saturated rings. The third-order valence-electron chi connectivity index (χ3n) is 4.53. The fourth-order valence-corrected chi connectivity index (χ4v) is 3.34. The molecule has 1 amide bonds. The summed E-state index contributed by atoms with van der Waals surface area (Å²) in [6.07, 6.45) is 2.61. The minimum Gasteiger partial charge on any atom is -0.452 e. The average molecular weight is 460 g/mol. The first-order valence-electron chi connectivity index (χ1n) is 9.21. The third-order valence-corrected chi connectivity index (χ3v) is 5.09. The summed E-state index contributed by atoms with van der Waals surface area (Å²) < 4.78 is 8.02. The fourth-order valence-electron chi connectivity index (χ4n) is 2.87. The Kier molecular flexibility index (Phi) is 6.99. The van der Waals surface area contributed by atoms with Gasteiger partial charge in [0.15, 0.2) is 6.61 Å². The van der Waals surface area contributed by atoms with Gasteiger partial charge in [0.25, 0.3) is 11.5 Å². The van der Waals surface area contributed by atoms with Crippen molar-refractivity contribution >= 4 is 46.8 Å². The highest BCUT2D eigenvalue weighted by atomic mass is 35.5. The van der Waals surface area contributed by atoms with Crippen molar-refractivity contribution in [1.29, 1.82) is 0 Å². The number of hydrogen-bond donors (Lipinski definition) is 1. The number of rotatable bonds is 6. The largest absolute Gasteiger partial charge is 0.452 e. The molecular weight excluding hydrogens is 441 g/mol. The van der Waals surface area contributed by atoms with E-state index >= 15 is 0 Å². The highest BCUT2D eigenvalue weighted by Gasteiger charge is 2.18. The minimum atomic E-state index is -0.729. The second-order valence-corrected chi connectivity index (χ2v) is 7.44. The number of aromatic nitrogens is 2. The Morgan fingerprint density at radius 1 is 1.13 bits per heavy atom.